The van der Waals surface area contributed by atoms with Crippen LogP contribution in [0.2, 0.25) is 0 Å². The third kappa shape index (κ3) is 6.65. The fourth-order valence-electron chi connectivity index (χ4n) is 5.15. The van der Waals surface area contributed by atoms with Crippen molar-refractivity contribution in [2.75, 3.05) is 27.9 Å². The second-order valence-corrected chi connectivity index (χ2v) is 12.0. The third-order valence-electron chi connectivity index (χ3n) is 7.35. The number of thiazole rings is 1. The Hall–Kier alpha value is -4.95. The lowest BCUT2D eigenvalue weighted by Crippen LogP contribution is -2.40. The number of nitro groups is 1. The number of rotatable bonds is 11. The molecular formula is C33H30BrN3O9S. The van der Waals surface area contributed by atoms with Crippen LogP contribution in [0.5, 0.6) is 23.0 Å². The van der Waals surface area contributed by atoms with E-state index in [1.54, 1.807) is 26.0 Å². The van der Waals surface area contributed by atoms with Gasteiger partial charge in [-0.2, -0.15) is 0 Å². The topological polar surface area (TPSA) is 141 Å². The molecule has 244 valence electrons. The van der Waals surface area contributed by atoms with Gasteiger partial charge < -0.3 is 23.7 Å². The number of carbonyl (C=O) groups is 1. The zero-order chi connectivity index (χ0) is 33.8. The first-order valence-corrected chi connectivity index (χ1v) is 15.9. The molecule has 1 aliphatic rings. The van der Waals surface area contributed by atoms with Gasteiger partial charge in [-0.1, -0.05) is 57.6 Å². The average molecular weight is 725 g/mol. The highest BCUT2D eigenvalue weighted by Gasteiger charge is 2.35. The molecule has 2 heterocycles. The molecule has 1 aromatic heterocycles. The van der Waals surface area contributed by atoms with Gasteiger partial charge in [0.15, 0.2) is 27.8 Å². The van der Waals surface area contributed by atoms with Gasteiger partial charge in [0.2, 0.25) is 0 Å². The van der Waals surface area contributed by atoms with E-state index < -0.39 is 22.5 Å². The highest BCUT2D eigenvalue weighted by molar-refractivity contribution is 9.10. The number of halogens is 1. The lowest BCUT2D eigenvalue weighted by atomic mass is 9.95. The smallest absolute Gasteiger partial charge is 0.338 e. The SMILES string of the molecule is CCOC(=O)C1=C(C)N=c2s/c(=C\c3cc(OC)c(OCc4ccccc4)cc3[N+](=O)[O-])c(=O)n2[C@@H]1c1cc(OC)c(OC)cc1Br. The number of fused-ring (bicyclic) bond motifs is 1. The van der Waals surface area contributed by atoms with E-state index in [4.69, 9.17) is 23.7 Å². The number of methoxy groups -OCH3 is 3. The van der Waals surface area contributed by atoms with Gasteiger partial charge in [-0.05, 0) is 49.2 Å². The first-order chi connectivity index (χ1) is 22.6. The number of nitro benzene ring substituents is 1. The summed E-state index contributed by atoms with van der Waals surface area (Å²) in [5.74, 6) is 0.600. The highest BCUT2D eigenvalue weighted by atomic mass is 79.9. The Bertz CT molecular complexity index is 2070. The van der Waals surface area contributed by atoms with Crippen molar-refractivity contribution in [2.45, 2.75) is 26.5 Å². The fraction of sp³-hybridized carbons (Fsp3) is 0.242. The van der Waals surface area contributed by atoms with Gasteiger partial charge in [0, 0.05) is 4.47 Å². The van der Waals surface area contributed by atoms with Crippen LogP contribution < -0.4 is 33.8 Å². The van der Waals surface area contributed by atoms with Crippen LogP contribution in [0.1, 0.15) is 36.6 Å². The second-order valence-electron chi connectivity index (χ2n) is 10.1. The second kappa shape index (κ2) is 14.2. The summed E-state index contributed by atoms with van der Waals surface area (Å²) in [5, 5.41) is 12.2. The summed E-state index contributed by atoms with van der Waals surface area (Å²) in [5.41, 5.74) is 1.21. The number of aromatic nitrogens is 1. The van der Waals surface area contributed by atoms with Crippen molar-refractivity contribution in [1.29, 1.82) is 0 Å². The lowest BCUT2D eigenvalue weighted by molar-refractivity contribution is -0.385. The van der Waals surface area contributed by atoms with Gasteiger partial charge in [-0.15, -0.1) is 0 Å². The van der Waals surface area contributed by atoms with Gasteiger partial charge in [-0.25, -0.2) is 9.79 Å². The van der Waals surface area contributed by atoms with Crippen LogP contribution in [0.3, 0.4) is 0 Å². The molecule has 0 radical (unpaired) electrons. The minimum Gasteiger partial charge on any atom is -0.493 e. The number of benzene rings is 3. The Morgan fingerprint density at radius 3 is 2.34 bits per heavy atom. The van der Waals surface area contributed by atoms with Crippen molar-refractivity contribution in [3.05, 3.63) is 117 Å². The molecule has 0 saturated heterocycles. The molecule has 3 aromatic carbocycles. The van der Waals surface area contributed by atoms with E-state index in [9.17, 15) is 19.7 Å². The molecule has 4 aromatic rings. The number of carbonyl (C=O) groups excluding carboxylic acids is 1. The van der Waals surface area contributed by atoms with Crippen molar-refractivity contribution in [3.8, 4) is 23.0 Å². The maximum absolute atomic E-state index is 14.2. The summed E-state index contributed by atoms with van der Waals surface area (Å²) in [6.45, 7) is 3.62. The number of hydrogen-bond donors (Lipinski definition) is 0. The van der Waals surface area contributed by atoms with Gasteiger partial charge >= 0.3 is 5.97 Å². The van der Waals surface area contributed by atoms with E-state index in [2.05, 4.69) is 20.9 Å². The number of hydrogen-bond acceptors (Lipinski definition) is 11. The summed E-state index contributed by atoms with van der Waals surface area (Å²) < 4.78 is 29.8. The van der Waals surface area contributed by atoms with Crippen molar-refractivity contribution in [1.82, 2.24) is 4.57 Å². The number of ether oxygens (including phenoxy) is 5. The van der Waals surface area contributed by atoms with Gasteiger partial charge in [0.1, 0.15) is 6.61 Å². The molecule has 12 nitrogen and oxygen atoms in total. The number of allylic oxidation sites excluding steroid dienone is 1. The zero-order valence-electron chi connectivity index (χ0n) is 26.1. The summed E-state index contributed by atoms with van der Waals surface area (Å²) in [6.07, 6.45) is 1.41. The predicted octanol–water partition coefficient (Wildman–Crippen LogP) is 5.07. The summed E-state index contributed by atoms with van der Waals surface area (Å²) in [6, 6.07) is 14.5. The molecule has 47 heavy (non-hydrogen) atoms. The highest BCUT2D eigenvalue weighted by Crippen LogP contribution is 2.41. The number of nitrogens with zero attached hydrogens (tertiary/aromatic N) is 3. The third-order valence-corrected chi connectivity index (χ3v) is 9.02. The summed E-state index contributed by atoms with van der Waals surface area (Å²) >= 11 is 4.60. The maximum atomic E-state index is 14.2. The first kappa shape index (κ1) is 33.4. The van der Waals surface area contributed by atoms with E-state index in [1.165, 1.54) is 44.1 Å². The predicted molar refractivity (Wildman–Crippen MR) is 178 cm³/mol. The van der Waals surface area contributed by atoms with E-state index in [0.29, 0.717) is 27.2 Å². The van der Waals surface area contributed by atoms with E-state index in [0.717, 1.165) is 16.9 Å². The molecule has 0 unspecified atom stereocenters. The molecule has 0 saturated carbocycles. The van der Waals surface area contributed by atoms with Crippen LogP contribution in [0.25, 0.3) is 6.08 Å². The molecule has 1 atom stereocenters. The molecule has 0 spiro atoms. The van der Waals surface area contributed by atoms with Crippen molar-refractivity contribution < 1.29 is 33.4 Å². The summed E-state index contributed by atoms with van der Waals surface area (Å²) in [4.78, 5) is 44.1. The molecule has 5 rings (SSSR count). The zero-order valence-corrected chi connectivity index (χ0v) is 28.5. The van der Waals surface area contributed by atoms with Gasteiger partial charge in [-0.3, -0.25) is 19.5 Å². The van der Waals surface area contributed by atoms with Crippen molar-refractivity contribution in [2.24, 2.45) is 4.99 Å². The van der Waals surface area contributed by atoms with Crippen LogP contribution in [0.15, 0.2) is 80.1 Å². The van der Waals surface area contributed by atoms with Crippen LogP contribution in [0.4, 0.5) is 5.69 Å². The molecule has 0 bridgehead atoms. The first-order valence-electron chi connectivity index (χ1n) is 14.3. The van der Waals surface area contributed by atoms with Gasteiger partial charge in [0.05, 0.1) is 66.3 Å². The van der Waals surface area contributed by atoms with Crippen LogP contribution >= 0.6 is 27.3 Å². The van der Waals surface area contributed by atoms with Crippen LogP contribution in [-0.2, 0) is 16.1 Å². The monoisotopic (exact) mass is 723 g/mol. The molecule has 0 fully saturated rings. The largest absolute Gasteiger partial charge is 0.493 e. The van der Waals surface area contributed by atoms with Crippen LogP contribution in [-0.4, -0.2) is 43.4 Å². The lowest BCUT2D eigenvalue weighted by Gasteiger charge is -2.26. The van der Waals surface area contributed by atoms with Crippen molar-refractivity contribution in [3.63, 3.8) is 0 Å². The maximum Gasteiger partial charge on any atom is 0.338 e. The molecule has 0 aliphatic carbocycles. The molecular weight excluding hydrogens is 694 g/mol. The van der Waals surface area contributed by atoms with E-state index in [1.807, 2.05) is 30.3 Å². The molecule has 14 heteroatoms. The van der Waals surface area contributed by atoms with E-state index >= 15 is 0 Å². The average Bonchev–Trinajstić information content (AvgIpc) is 3.37. The van der Waals surface area contributed by atoms with E-state index in [-0.39, 0.29) is 50.9 Å². The molecule has 0 amide bonds. The van der Waals surface area contributed by atoms with Gasteiger partial charge in [0.25, 0.3) is 11.2 Å². The molecule has 0 N–H and O–H groups in total. The fourth-order valence-corrected chi connectivity index (χ4v) is 6.73. The quantitative estimate of drug-likeness (QED) is 0.118. The van der Waals surface area contributed by atoms with Crippen molar-refractivity contribution >= 4 is 45.0 Å². The molecule has 1 aliphatic heterocycles. The standard InChI is InChI=1S/C33H30BrN3O9S/c1-6-45-32(39)29-18(2)35-33-36(30(29)21-14-25(43-4)26(44-5)15-22(21)34)31(38)28(47-33)13-20-12-24(42-3)27(16-23(20)37(40)41)46-17-19-10-8-7-9-11-19/h7-16,30H,6,17H2,1-5H3/b28-13-/t30-/m1/s1. The summed E-state index contributed by atoms with van der Waals surface area (Å²) in [7, 11) is 4.40. The minimum absolute atomic E-state index is 0.108. The Morgan fingerprint density at radius 1 is 1.04 bits per heavy atom. The Morgan fingerprint density at radius 2 is 1.70 bits per heavy atom. The normalized spacial score (nSPS) is 14.3. The Balaban J connectivity index is 1.69. The Labute approximate surface area is 281 Å². The number of esters is 1. The minimum atomic E-state index is -0.972. The Kier molecular flexibility index (Phi) is 10.1. The van der Waals surface area contributed by atoms with Crippen LogP contribution in [0, 0.1) is 10.1 Å².